The van der Waals surface area contributed by atoms with Crippen LogP contribution in [0.25, 0.3) is 6.08 Å². The van der Waals surface area contributed by atoms with Crippen LogP contribution in [-0.4, -0.2) is 38.1 Å². The number of hydrogen-bond acceptors (Lipinski definition) is 4. The standard InChI is InChI=1S/C25H30N2O4/c1-17(26-24(28)16-7-19-5-12-22(30-3)13-6-19)25(29)27(18(2)20-8-9-20)21-10-14-23(31-4)15-11-21/h5-7,10-18,20H,8-9H2,1-4H3,(H,26,28)/b16-7+. The zero-order valence-electron chi connectivity index (χ0n) is 18.5. The van der Waals surface area contributed by atoms with E-state index < -0.39 is 6.04 Å². The second kappa shape index (κ2) is 10.2. The molecule has 1 aliphatic carbocycles. The molecule has 0 saturated heterocycles. The summed E-state index contributed by atoms with van der Waals surface area (Å²) in [4.78, 5) is 27.5. The van der Waals surface area contributed by atoms with Crippen LogP contribution in [0.15, 0.2) is 54.6 Å². The van der Waals surface area contributed by atoms with Crippen LogP contribution in [0.5, 0.6) is 11.5 Å². The van der Waals surface area contributed by atoms with Crippen molar-refractivity contribution in [2.24, 2.45) is 5.92 Å². The van der Waals surface area contributed by atoms with Crippen molar-refractivity contribution in [3.05, 3.63) is 60.2 Å². The Labute approximate surface area is 183 Å². The molecule has 2 unspecified atom stereocenters. The first-order valence-corrected chi connectivity index (χ1v) is 10.5. The molecule has 0 spiro atoms. The van der Waals surface area contributed by atoms with Crippen molar-refractivity contribution in [2.75, 3.05) is 19.1 Å². The third kappa shape index (κ3) is 5.87. The molecular weight excluding hydrogens is 392 g/mol. The third-order valence-corrected chi connectivity index (χ3v) is 5.57. The van der Waals surface area contributed by atoms with Crippen molar-refractivity contribution < 1.29 is 19.1 Å². The Morgan fingerprint density at radius 1 is 0.968 bits per heavy atom. The summed E-state index contributed by atoms with van der Waals surface area (Å²) in [5, 5.41) is 2.79. The predicted octanol–water partition coefficient (Wildman–Crippen LogP) is 4.05. The van der Waals surface area contributed by atoms with Crippen LogP contribution in [0.4, 0.5) is 5.69 Å². The average molecular weight is 423 g/mol. The lowest BCUT2D eigenvalue weighted by Crippen LogP contribution is -2.50. The Hall–Kier alpha value is -3.28. The van der Waals surface area contributed by atoms with Crippen molar-refractivity contribution in [1.82, 2.24) is 5.32 Å². The molecule has 2 amide bonds. The molecule has 1 saturated carbocycles. The lowest BCUT2D eigenvalue weighted by Gasteiger charge is -2.32. The molecule has 6 heteroatoms. The SMILES string of the molecule is COc1ccc(/C=C/C(=O)NC(C)C(=O)N(c2ccc(OC)cc2)C(C)C2CC2)cc1. The molecule has 31 heavy (non-hydrogen) atoms. The molecule has 2 aromatic rings. The lowest BCUT2D eigenvalue weighted by molar-refractivity contribution is -0.125. The van der Waals surface area contributed by atoms with Gasteiger partial charge in [-0.2, -0.15) is 0 Å². The van der Waals surface area contributed by atoms with Gasteiger partial charge in [-0.1, -0.05) is 12.1 Å². The normalized spacial score (nSPS) is 15.2. The van der Waals surface area contributed by atoms with Gasteiger partial charge in [-0.15, -0.1) is 0 Å². The largest absolute Gasteiger partial charge is 0.497 e. The highest BCUT2D eigenvalue weighted by molar-refractivity contribution is 6.01. The summed E-state index contributed by atoms with van der Waals surface area (Å²) in [7, 11) is 3.22. The third-order valence-electron chi connectivity index (χ3n) is 5.57. The van der Waals surface area contributed by atoms with Crippen LogP contribution in [0.1, 0.15) is 32.3 Å². The van der Waals surface area contributed by atoms with Crippen molar-refractivity contribution in [3.63, 3.8) is 0 Å². The van der Waals surface area contributed by atoms with E-state index in [-0.39, 0.29) is 17.9 Å². The van der Waals surface area contributed by atoms with E-state index in [0.29, 0.717) is 5.92 Å². The summed E-state index contributed by atoms with van der Waals surface area (Å²) in [6.07, 6.45) is 5.38. The molecule has 3 rings (SSSR count). The number of nitrogens with zero attached hydrogens (tertiary/aromatic N) is 1. The van der Waals surface area contributed by atoms with E-state index in [0.717, 1.165) is 35.6 Å². The molecule has 0 aromatic heterocycles. The number of methoxy groups -OCH3 is 2. The second-order valence-electron chi connectivity index (χ2n) is 7.82. The number of amides is 2. The fourth-order valence-electron chi connectivity index (χ4n) is 3.51. The van der Waals surface area contributed by atoms with Gasteiger partial charge in [0.1, 0.15) is 17.5 Å². The Morgan fingerprint density at radius 2 is 1.52 bits per heavy atom. The predicted molar refractivity (Wildman–Crippen MR) is 122 cm³/mol. The smallest absolute Gasteiger partial charge is 0.249 e. The molecule has 164 valence electrons. The molecule has 0 heterocycles. The molecule has 1 N–H and O–H groups in total. The van der Waals surface area contributed by atoms with Gasteiger partial charge in [-0.25, -0.2) is 0 Å². The fraction of sp³-hybridized carbons (Fsp3) is 0.360. The minimum Gasteiger partial charge on any atom is -0.497 e. The Kier molecular flexibility index (Phi) is 7.34. The zero-order valence-corrected chi connectivity index (χ0v) is 18.5. The topological polar surface area (TPSA) is 67.9 Å². The highest BCUT2D eigenvalue weighted by Gasteiger charge is 2.36. The van der Waals surface area contributed by atoms with Gasteiger partial charge in [0.15, 0.2) is 0 Å². The number of hydrogen-bond donors (Lipinski definition) is 1. The maximum absolute atomic E-state index is 13.3. The van der Waals surface area contributed by atoms with Crippen LogP contribution < -0.4 is 19.7 Å². The second-order valence-corrected chi connectivity index (χ2v) is 7.82. The maximum atomic E-state index is 13.3. The van der Waals surface area contributed by atoms with E-state index in [1.165, 1.54) is 6.08 Å². The van der Waals surface area contributed by atoms with Gasteiger partial charge < -0.3 is 19.7 Å². The molecule has 2 atom stereocenters. The molecule has 6 nitrogen and oxygen atoms in total. The van der Waals surface area contributed by atoms with Gasteiger partial charge in [0.25, 0.3) is 0 Å². The van der Waals surface area contributed by atoms with Gasteiger partial charge in [0.2, 0.25) is 11.8 Å². The fourth-order valence-corrected chi connectivity index (χ4v) is 3.51. The van der Waals surface area contributed by atoms with E-state index in [2.05, 4.69) is 12.2 Å². The van der Waals surface area contributed by atoms with E-state index >= 15 is 0 Å². The Bertz CT molecular complexity index is 918. The van der Waals surface area contributed by atoms with Gasteiger partial charge >= 0.3 is 0 Å². The quantitative estimate of drug-likeness (QED) is 0.619. The van der Waals surface area contributed by atoms with E-state index in [1.54, 1.807) is 32.1 Å². The maximum Gasteiger partial charge on any atom is 0.249 e. The van der Waals surface area contributed by atoms with Crippen LogP contribution in [0.2, 0.25) is 0 Å². The summed E-state index contributed by atoms with van der Waals surface area (Å²) in [6.45, 7) is 3.79. The van der Waals surface area contributed by atoms with Crippen molar-refractivity contribution >= 4 is 23.6 Å². The lowest BCUT2D eigenvalue weighted by atomic mass is 10.1. The number of benzene rings is 2. The highest BCUT2D eigenvalue weighted by Crippen LogP contribution is 2.37. The zero-order chi connectivity index (χ0) is 22.4. The number of carbonyl (C=O) groups is 2. The average Bonchev–Trinajstić information content (AvgIpc) is 3.64. The molecule has 1 aliphatic rings. The summed E-state index contributed by atoms with van der Waals surface area (Å²) in [5.41, 5.74) is 1.68. The van der Waals surface area contributed by atoms with Gasteiger partial charge in [0.05, 0.1) is 14.2 Å². The number of nitrogens with one attached hydrogen (secondary N) is 1. The van der Waals surface area contributed by atoms with Crippen LogP contribution >= 0.6 is 0 Å². The van der Waals surface area contributed by atoms with Crippen LogP contribution in [0.3, 0.4) is 0 Å². The van der Waals surface area contributed by atoms with Gasteiger partial charge in [-0.3, -0.25) is 9.59 Å². The van der Waals surface area contributed by atoms with Gasteiger partial charge in [-0.05, 0) is 80.6 Å². The number of carbonyl (C=O) groups excluding carboxylic acids is 2. The van der Waals surface area contributed by atoms with Crippen molar-refractivity contribution in [2.45, 2.75) is 38.8 Å². The molecule has 0 radical (unpaired) electrons. The molecule has 2 aromatic carbocycles. The minimum absolute atomic E-state index is 0.0649. The number of ether oxygens (including phenoxy) is 2. The van der Waals surface area contributed by atoms with Crippen LogP contribution in [-0.2, 0) is 9.59 Å². The minimum atomic E-state index is -0.656. The van der Waals surface area contributed by atoms with E-state index in [1.807, 2.05) is 48.5 Å². The summed E-state index contributed by atoms with van der Waals surface area (Å²) >= 11 is 0. The highest BCUT2D eigenvalue weighted by atomic mass is 16.5. The molecular formula is C25H30N2O4. The number of anilines is 1. The number of rotatable bonds is 9. The van der Waals surface area contributed by atoms with Crippen molar-refractivity contribution in [1.29, 1.82) is 0 Å². The Balaban J connectivity index is 1.68. The van der Waals surface area contributed by atoms with E-state index in [4.69, 9.17) is 9.47 Å². The Morgan fingerprint density at radius 3 is 2.03 bits per heavy atom. The summed E-state index contributed by atoms with van der Waals surface area (Å²) < 4.78 is 10.4. The molecule has 0 aliphatic heterocycles. The van der Waals surface area contributed by atoms with E-state index in [9.17, 15) is 9.59 Å². The summed E-state index contributed by atoms with van der Waals surface area (Å²) in [5.74, 6) is 1.54. The van der Waals surface area contributed by atoms with Crippen molar-refractivity contribution in [3.8, 4) is 11.5 Å². The van der Waals surface area contributed by atoms with Crippen LogP contribution in [0, 0.1) is 5.92 Å². The monoisotopic (exact) mass is 422 g/mol. The first kappa shape index (κ1) is 22.4. The molecule has 1 fully saturated rings. The summed E-state index contributed by atoms with van der Waals surface area (Å²) in [6, 6.07) is 14.2. The molecule has 0 bridgehead atoms. The first-order valence-electron chi connectivity index (χ1n) is 10.5. The van der Waals surface area contributed by atoms with Gasteiger partial charge in [0, 0.05) is 17.8 Å². The first-order chi connectivity index (χ1) is 14.9.